The largest absolute Gasteiger partial charge is 0.323 e. The van der Waals surface area contributed by atoms with Gasteiger partial charge in [-0.1, -0.05) is 35.3 Å². The van der Waals surface area contributed by atoms with Crippen molar-refractivity contribution in [2.24, 2.45) is 5.84 Å². The van der Waals surface area contributed by atoms with E-state index in [0.717, 1.165) is 0 Å². The highest BCUT2D eigenvalue weighted by atomic mass is 35.5. The Labute approximate surface area is 126 Å². The van der Waals surface area contributed by atoms with Crippen molar-refractivity contribution in [3.05, 3.63) is 52.5 Å². The van der Waals surface area contributed by atoms with Crippen LogP contribution in [0.25, 0.3) is 0 Å². The molecule has 8 heteroatoms. The van der Waals surface area contributed by atoms with Crippen molar-refractivity contribution in [2.45, 2.75) is 4.90 Å². The molecule has 0 fully saturated rings. The molecule has 0 bridgehead atoms. The molecule has 0 saturated carbocycles. The predicted octanol–water partition coefficient (Wildman–Crippen LogP) is 3.08. The highest BCUT2D eigenvalue weighted by Crippen LogP contribution is 2.26. The molecular formula is C12H11Cl2N3O2S. The average Bonchev–Trinajstić information content (AvgIpc) is 2.36. The van der Waals surface area contributed by atoms with Gasteiger partial charge >= 0.3 is 0 Å². The standard InChI is InChI=1S/C12H11Cl2N3O2S/c13-8-5-9(14)7-10(6-8)17-20(18,19)12-4-2-1-3-11(12)16-15/h1-7,16-17H,15H2. The number of hydrazine groups is 1. The molecule has 0 aliphatic carbocycles. The molecule has 0 aromatic heterocycles. The monoisotopic (exact) mass is 331 g/mol. The summed E-state index contributed by atoms with van der Waals surface area (Å²) in [6.07, 6.45) is 0. The molecule has 2 rings (SSSR count). The average molecular weight is 332 g/mol. The number of anilines is 2. The van der Waals surface area contributed by atoms with Crippen LogP contribution in [0.3, 0.4) is 0 Å². The van der Waals surface area contributed by atoms with Crippen LogP contribution in [-0.4, -0.2) is 8.42 Å². The molecule has 2 aromatic rings. The van der Waals surface area contributed by atoms with Crippen molar-refractivity contribution in [2.75, 3.05) is 10.1 Å². The van der Waals surface area contributed by atoms with Gasteiger partial charge in [0.25, 0.3) is 10.0 Å². The van der Waals surface area contributed by atoms with E-state index in [9.17, 15) is 8.42 Å². The second kappa shape index (κ2) is 5.88. The van der Waals surface area contributed by atoms with Crippen LogP contribution in [-0.2, 0) is 10.0 Å². The SMILES string of the molecule is NNc1ccccc1S(=O)(=O)Nc1cc(Cl)cc(Cl)c1. The summed E-state index contributed by atoms with van der Waals surface area (Å²) in [6, 6.07) is 10.7. The van der Waals surface area contributed by atoms with Crippen LogP contribution in [0, 0.1) is 0 Å². The molecule has 0 unspecified atom stereocenters. The van der Waals surface area contributed by atoms with E-state index < -0.39 is 10.0 Å². The summed E-state index contributed by atoms with van der Waals surface area (Å²) in [5.74, 6) is 5.30. The lowest BCUT2D eigenvalue weighted by Crippen LogP contribution is -2.17. The van der Waals surface area contributed by atoms with Crippen molar-refractivity contribution in [1.29, 1.82) is 0 Å². The lowest BCUT2D eigenvalue weighted by Gasteiger charge is -2.12. The Kier molecular flexibility index (Phi) is 4.39. The summed E-state index contributed by atoms with van der Waals surface area (Å²) in [6.45, 7) is 0. The first-order chi connectivity index (χ1) is 9.42. The van der Waals surface area contributed by atoms with E-state index in [1.54, 1.807) is 18.2 Å². The number of nitrogens with two attached hydrogens (primary N) is 1. The predicted molar refractivity (Wildman–Crippen MR) is 81.5 cm³/mol. The number of halogens is 2. The quantitative estimate of drug-likeness (QED) is 0.593. The summed E-state index contributed by atoms with van der Waals surface area (Å²) in [4.78, 5) is 0.0265. The number of hydrogen-bond donors (Lipinski definition) is 3. The van der Waals surface area contributed by atoms with Crippen molar-refractivity contribution in [3.63, 3.8) is 0 Å². The molecule has 0 aliphatic rings. The first kappa shape index (κ1) is 14.9. The summed E-state index contributed by atoms with van der Waals surface area (Å²) in [7, 11) is -3.80. The van der Waals surface area contributed by atoms with Gasteiger partial charge in [0, 0.05) is 10.0 Å². The minimum atomic E-state index is -3.80. The summed E-state index contributed by atoms with van der Waals surface area (Å²) >= 11 is 11.7. The maximum Gasteiger partial charge on any atom is 0.264 e. The summed E-state index contributed by atoms with van der Waals surface area (Å²) in [5.41, 5.74) is 2.90. The lowest BCUT2D eigenvalue weighted by molar-refractivity contribution is 0.601. The summed E-state index contributed by atoms with van der Waals surface area (Å²) < 4.78 is 27.0. The van der Waals surface area contributed by atoms with Gasteiger partial charge in [0.2, 0.25) is 0 Å². The second-order valence-electron chi connectivity index (χ2n) is 3.90. The van der Waals surface area contributed by atoms with E-state index in [-0.39, 0.29) is 16.3 Å². The third-order valence-electron chi connectivity index (χ3n) is 2.45. The number of nitrogen functional groups attached to an aromatic ring is 1. The Morgan fingerprint density at radius 1 is 1.00 bits per heavy atom. The van der Waals surface area contributed by atoms with Crippen LogP contribution in [0.5, 0.6) is 0 Å². The van der Waals surface area contributed by atoms with Crippen LogP contribution < -0.4 is 16.0 Å². The Morgan fingerprint density at radius 3 is 2.20 bits per heavy atom. The second-order valence-corrected chi connectivity index (χ2v) is 6.43. The molecule has 0 saturated heterocycles. The third-order valence-corrected chi connectivity index (χ3v) is 4.32. The molecule has 106 valence electrons. The van der Waals surface area contributed by atoms with Crippen LogP contribution in [0.2, 0.25) is 10.0 Å². The third kappa shape index (κ3) is 3.34. The van der Waals surface area contributed by atoms with Crippen molar-refractivity contribution < 1.29 is 8.42 Å². The van der Waals surface area contributed by atoms with Crippen LogP contribution in [0.1, 0.15) is 0 Å². The molecule has 0 heterocycles. The normalized spacial score (nSPS) is 11.2. The van der Waals surface area contributed by atoms with E-state index in [0.29, 0.717) is 10.0 Å². The molecule has 2 aromatic carbocycles. The number of para-hydroxylation sites is 1. The molecule has 0 radical (unpaired) electrons. The van der Waals surface area contributed by atoms with Crippen molar-refractivity contribution in [3.8, 4) is 0 Å². The minimum absolute atomic E-state index is 0.0265. The topological polar surface area (TPSA) is 84.2 Å². The van der Waals surface area contributed by atoms with Gasteiger partial charge < -0.3 is 5.43 Å². The maximum atomic E-state index is 12.3. The van der Waals surface area contributed by atoms with Gasteiger partial charge in [0.1, 0.15) is 4.90 Å². The number of benzene rings is 2. The minimum Gasteiger partial charge on any atom is -0.323 e. The molecule has 0 atom stereocenters. The van der Waals surface area contributed by atoms with Crippen LogP contribution in [0.4, 0.5) is 11.4 Å². The van der Waals surface area contributed by atoms with Gasteiger partial charge in [-0.3, -0.25) is 10.6 Å². The van der Waals surface area contributed by atoms with Crippen LogP contribution >= 0.6 is 23.2 Å². The molecular weight excluding hydrogens is 321 g/mol. The van der Waals surface area contributed by atoms with E-state index in [2.05, 4.69) is 10.1 Å². The molecule has 5 nitrogen and oxygen atoms in total. The molecule has 0 spiro atoms. The molecule has 0 aliphatic heterocycles. The Morgan fingerprint density at radius 2 is 1.60 bits per heavy atom. The Bertz CT molecular complexity index is 715. The van der Waals surface area contributed by atoms with Crippen molar-refractivity contribution in [1.82, 2.24) is 0 Å². The molecule has 0 amide bonds. The van der Waals surface area contributed by atoms with Gasteiger partial charge in [0.05, 0.1) is 11.4 Å². The van der Waals surface area contributed by atoms with Gasteiger partial charge in [0.15, 0.2) is 0 Å². The zero-order valence-electron chi connectivity index (χ0n) is 10.1. The van der Waals surface area contributed by atoms with E-state index in [4.69, 9.17) is 29.0 Å². The zero-order valence-corrected chi connectivity index (χ0v) is 12.4. The Hall–Kier alpha value is -1.47. The van der Waals surface area contributed by atoms with Crippen LogP contribution in [0.15, 0.2) is 47.4 Å². The fourth-order valence-corrected chi connectivity index (χ4v) is 3.38. The highest BCUT2D eigenvalue weighted by molar-refractivity contribution is 7.92. The number of rotatable bonds is 4. The first-order valence-corrected chi connectivity index (χ1v) is 7.71. The fourth-order valence-electron chi connectivity index (χ4n) is 1.64. The Balaban J connectivity index is 2.41. The van der Waals surface area contributed by atoms with Gasteiger partial charge in [-0.05, 0) is 30.3 Å². The lowest BCUT2D eigenvalue weighted by atomic mass is 10.3. The van der Waals surface area contributed by atoms with Gasteiger partial charge in [-0.25, -0.2) is 8.42 Å². The first-order valence-electron chi connectivity index (χ1n) is 5.47. The van der Waals surface area contributed by atoms with E-state index >= 15 is 0 Å². The van der Waals surface area contributed by atoms with Gasteiger partial charge in [-0.2, -0.15) is 0 Å². The molecule has 20 heavy (non-hydrogen) atoms. The summed E-state index contributed by atoms with van der Waals surface area (Å²) in [5, 5.41) is 0.667. The zero-order chi connectivity index (χ0) is 14.8. The molecule has 4 N–H and O–H groups in total. The number of sulfonamides is 1. The van der Waals surface area contributed by atoms with E-state index in [1.165, 1.54) is 24.3 Å². The number of hydrogen-bond acceptors (Lipinski definition) is 4. The van der Waals surface area contributed by atoms with E-state index in [1.807, 2.05) is 0 Å². The van der Waals surface area contributed by atoms with Crippen molar-refractivity contribution >= 4 is 44.6 Å². The smallest absolute Gasteiger partial charge is 0.264 e. The highest BCUT2D eigenvalue weighted by Gasteiger charge is 2.18. The van der Waals surface area contributed by atoms with Gasteiger partial charge in [-0.15, -0.1) is 0 Å². The maximum absolute atomic E-state index is 12.3. The fraction of sp³-hybridized carbons (Fsp3) is 0. The number of nitrogens with one attached hydrogen (secondary N) is 2.